The molecule has 2 heterocycles. The van der Waals surface area contributed by atoms with Crippen molar-refractivity contribution < 1.29 is 18.9 Å². The second-order valence-corrected chi connectivity index (χ2v) is 6.88. The minimum Gasteiger partial charge on any atom is -0.475 e. The van der Waals surface area contributed by atoms with Crippen LogP contribution in [0.5, 0.6) is 5.88 Å². The largest absolute Gasteiger partial charge is 0.475 e. The molecule has 1 aromatic heterocycles. The molecule has 1 fully saturated rings. The van der Waals surface area contributed by atoms with Crippen molar-refractivity contribution in [1.29, 1.82) is 0 Å². The van der Waals surface area contributed by atoms with Crippen LogP contribution in [0, 0.1) is 0 Å². The number of pyridine rings is 1. The summed E-state index contributed by atoms with van der Waals surface area (Å²) in [6.45, 7) is 7.83. The quantitative estimate of drug-likeness (QED) is 0.191. The molecule has 30 heavy (non-hydrogen) atoms. The van der Waals surface area contributed by atoms with Gasteiger partial charge in [0.05, 0.1) is 19.3 Å². The second-order valence-electron chi connectivity index (χ2n) is 6.88. The van der Waals surface area contributed by atoms with Gasteiger partial charge in [-0.1, -0.05) is 6.07 Å². The van der Waals surface area contributed by atoms with Crippen molar-refractivity contribution in [2.45, 2.75) is 38.8 Å². The van der Waals surface area contributed by atoms with Crippen molar-refractivity contribution in [3.05, 3.63) is 23.9 Å². The Labute approximate surface area is 197 Å². The van der Waals surface area contributed by atoms with Gasteiger partial charge in [0, 0.05) is 58.8 Å². The molecule has 2 rings (SSSR count). The van der Waals surface area contributed by atoms with Crippen LogP contribution in [0.1, 0.15) is 31.7 Å². The van der Waals surface area contributed by atoms with Gasteiger partial charge in [0.2, 0.25) is 5.88 Å². The highest BCUT2D eigenvalue weighted by Crippen LogP contribution is 2.17. The molecule has 0 spiro atoms. The summed E-state index contributed by atoms with van der Waals surface area (Å²) in [6.07, 6.45) is 5.02. The third kappa shape index (κ3) is 9.76. The molecule has 1 aliphatic rings. The third-order valence-corrected chi connectivity index (χ3v) is 4.70. The zero-order valence-electron chi connectivity index (χ0n) is 18.5. The first-order valence-electron chi connectivity index (χ1n) is 10.5. The lowest BCUT2D eigenvalue weighted by atomic mass is 10.1. The Bertz CT molecular complexity index is 598. The molecule has 172 valence electrons. The lowest BCUT2D eigenvalue weighted by Crippen LogP contribution is -2.47. The number of hydrogen-bond donors (Lipinski definition) is 1. The van der Waals surface area contributed by atoms with E-state index in [0.717, 1.165) is 63.6 Å². The summed E-state index contributed by atoms with van der Waals surface area (Å²) in [4.78, 5) is 11.5. The summed E-state index contributed by atoms with van der Waals surface area (Å²) in [5, 5.41) is 3.41. The lowest BCUT2D eigenvalue weighted by Gasteiger charge is -2.34. The highest BCUT2D eigenvalue weighted by atomic mass is 127. The molecule has 0 aromatic carbocycles. The van der Waals surface area contributed by atoms with Gasteiger partial charge in [-0.05, 0) is 32.3 Å². The predicted molar refractivity (Wildman–Crippen MR) is 129 cm³/mol. The number of nitrogens with one attached hydrogen (secondary N) is 1. The number of likely N-dealkylation sites (tertiary alicyclic amines) is 1. The molecule has 0 unspecified atom stereocenters. The Hall–Kier alpha value is -1.17. The van der Waals surface area contributed by atoms with E-state index in [1.54, 1.807) is 20.4 Å². The number of ether oxygens (including phenoxy) is 4. The summed E-state index contributed by atoms with van der Waals surface area (Å²) in [5.41, 5.74) is 0.968. The Morgan fingerprint density at radius 2 is 1.93 bits per heavy atom. The van der Waals surface area contributed by atoms with Gasteiger partial charge in [0.15, 0.2) is 5.96 Å². The maximum absolute atomic E-state index is 5.96. The highest BCUT2D eigenvalue weighted by Gasteiger charge is 2.22. The highest BCUT2D eigenvalue weighted by molar-refractivity contribution is 14.0. The minimum atomic E-state index is 0. The molecule has 0 amide bonds. The number of aromatic nitrogens is 1. The van der Waals surface area contributed by atoms with Crippen LogP contribution in [0.3, 0.4) is 0 Å². The van der Waals surface area contributed by atoms with Gasteiger partial charge >= 0.3 is 0 Å². The van der Waals surface area contributed by atoms with Crippen molar-refractivity contribution in [2.24, 2.45) is 4.99 Å². The lowest BCUT2D eigenvalue weighted by molar-refractivity contribution is 0.00990. The van der Waals surface area contributed by atoms with E-state index in [0.29, 0.717) is 31.7 Å². The van der Waals surface area contributed by atoms with E-state index in [-0.39, 0.29) is 24.0 Å². The Kier molecular flexibility index (Phi) is 14.8. The summed E-state index contributed by atoms with van der Waals surface area (Å²) < 4.78 is 21.8. The standard InChI is InChI=1S/C21H36N4O4.HI/c1-4-22-21(25-11-8-19(9-12-25)28-14-6-13-26-2)24-17-18-7-5-10-23-20(18)29-16-15-27-3;/h5,7,10,19H,4,6,8-9,11-17H2,1-3H3,(H,22,24);1H. The normalized spacial score (nSPS) is 15.0. The van der Waals surface area contributed by atoms with Crippen molar-refractivity contribution in [3.63, 3.8) is 0 Å². The van der Waals surface area contributed by atoms with Crippen LogP contribution in [0.2, 0.25) is 0 Å². The molecule has 0 aliphatic carbocycles. The van der Waals surface area contributed by atoms with Crippen LogP contribution >= 0.6 is 24.0 Å². The molecule has 1 aliphatic heterocycles. The SMILES string of the molecule is CCNC(=NCc1cccnc1OCCOC)N1CCC(OCCCOC)CC1.I. The molecule has 9 heteroatoms. The number of piperidine rings is 1. The number of hydrogen-bond acceptors (Lipinski definition) is 6. The average Bonchev–Trinajstić information content (AvgIpc) is 2.76. The molecule has 0 radical (unpaired) electrons. The number of nitrogens with zero attached hydrogens (tertiary/aromatic N) is 3. The van der Waals surface area contributed by atoms with Crippen LogP contribution < -0.4 is 10.1 Å². The van der Waals surface area contributed by atoms with Crippen LogP contribution in [0.4, 0.5) is 0 Å². The number of halogens is 1. The second kappa shape index (κ2) is 16.5. The summed E-state index contributed by atoms with van der Waals surface area (Å²) in [7, 11) is 3.38. The summed E-state index contributed by atoms with van der Waals surface area (Å²) in [5.74, 6) is 1.55. The smallest absolute Gasteiger partial charge is 0.218 e. The molecule has 8 nitrogen and oxygen atoms in total. The van der Waals surface area contributed by atoms with Gasteiger partial charge in [-0.2, -0.15) is 0 Å². The molecule has 1 saturated heterocycles. The molecular formula is C21H37IN4O4. The number of rotatable bonds is 12. The molecule has 1 aromatic rings. The van der Waals surface area contributed by atoms with E-state index in [2.05, 4.69) is 22.1 Å². The summed E-state index contributed by atoms with van der Waals surface area (Å²) >= 11 is 0. The molecular weight excluding hydrogens is 499 g/mol. The zero-order chi connectivity index (χ0) is 20.7. The average molecular weight is 536 g/mol. The first-order valence-corrected chi connectivity index (χ1v) is 10.5. The van der Waals surface area contributed by atoms with Crippen molar-refractivity contribution in [3.8, 4) is 5.88 Å². The van der Waals surface area contributed by atoms with E-state index >= 15 is 0 Å². The number of guanidine groups is 1. The van der Waals surface area contributed by atoms with Crippen LogP contribution in [0.15, 0.2) is 23.3 Å². The maximum atomic E-state index is 5.96. The maximum Gasteiger partial charge on any atom is 0.218 e. The first-order chi connectivity index (χ1) is 14.3. The Balaban J connectivity index is 0.00000450. The van der Waals surface area contributed by atoms with E-state index in [9.17, 15) is 0 Å². The van der Waals surface area contributed by atoms with Crippen LogP contribution in [-0.4, -0.2) is 82.2 Å². The fourth-order valence-electron chi connectivity index (χ4n) is 3.17. The first kappa shape index (κ1) is 26.9. The van der Waals surface area contributed by atoms with Crippen molar-refractivity contribution in [1.82, 2.24) is 15.2 Å². The molecule has 0 saturated carbocycles. The third-order valence-electron chi connectivity index (χ3n) is 4.70. The fourth-order valence-corrected chi connectivity index (χ4v) is 3.17. The number of methoxy groups -OCH3 is 2. The van der Waals surface area contributed by atoms with Crippen LogP contribution in [-0.2, 0) is 20.8 Å². The van der Waals surface area contributed by atoms with Gasteiger partial charge < -0.3 is 29.2 Å². The van der Waals surface area contributed by atoms with Gasteiger partial charge in [0.25, 0.3) is 0 Å². The minimum absolute atomic E-state index is 0. The number of aliphatic imine (C=N–C) groups is 1. The monoisotopic (exact) mass is 536 g/mol. The fraction of sp³-hybridized carbons (Fsp3) is 0.714. The van der Waals surface area contributed by atoms with E-state index in [1.807, 2.05) is 12.1 Å². The van der Waals surface area contributed by atoms with Gasteiger partial charge in [-0.15, -0.1) is 24.0 Å². The van der Waals surface area contributed by atoms with Crippen molar-refractivity contribution >= 4 is 29.9 Å². The van der Waals surface area contributed by atoms with Gasteiger partial charge in [-0.3, -0.25) is 0 Å². The van der Waals surface area contributed by atoms with E-state index < -0.39 is 0 Å². The Morgan fingerprint density at radius 3 is 2.63 bits per heavy atom. The van der Waals surface area contributed by atoms with Crippen molar-refractivity contribution in [2.75, 3.05) is 60.3 Å². The Morgan fingerprint density at radius 1 is 1.17 bits per heavy atom. The molecule has 0 atom stereocenters. The van der Waals surface area contributed by atoms with E-state index in [1.165, 1.54) is 0 Å². The zero-order valence-corrected chi connectivity index (χ0v) is 20.8. The molecule has 0 bridgehead atoms. The predicted octanol–water partition coefficient (Wildman–Crippen LogP) is 2.71. The summed E-state index contributed by atoms with van der Waals surface area (Å²) in [6, 6.07) is 3.91. The van der Waals surface area contributed by atoms with E-state index in [4.69, 9.17) is 23.9 Å². The topological polar surface area (TPSA) is 77.4 Å². The van der Waals surface area contributed by atoms with Crippen LogP contribution in [0.25, 0.3) is 0 Å². The van der Waals surface area contributed by atoms with Gasteiger partial charge in [-0.25, -0.2) is 9.98 Å². The molecule has 1 N–H and O–H groups in total. The van der Waals surface area contributed by atoms with Gasteiger partial charge in [0.1, 0.15) is 6.61 Å².